The van der Waals surface area contributed by atoms with Crippen LogP contribution < -0.4 is 0 Å². The molecule has 0 heterocycles. The van der Waals surface area contributed by atoms with Crippen molar-refractivity contribution in [1.82, 2.24) is 0 Å². The van der Waals surface area contributed by atoms with Crippen molar-refractivity contribution in [2.45, 2.75) is 100 Å². The van der Waals surface area contributed by atoms with Crippen LogP contribution in [0.25, 0.3) is 0 Å². The van der Waals surface area contributed by atoms with Crippen LogP contribution in [-0.4, -0.2) is 21.9 Å². The molecule has 1 rings (SSSR count). The van der Waals surface area contributed by atoms with E-state index in [1.54, 1.807) is 19.9 Å². The van der Waals surface area contributed by atoms with Crippen molar-refractivity contribution in [2.75, 3.05) is 0 Å². The lowest BCUT2D eigenvalue weighted by atomic mass is 9.72. The second kappa shape index (κ2) is 18.4. The Hall–Kier alpha value is -3.20. The van der Waals surface area contributed by atoms with Crippen molar-refractivity contribution < 1.29 is 10.2 Å². The Bertz CT molecular complexity index is 1250. The van der Waals surface area contributed by atoms with Gasteiger partial charge in [-0.1, -0.05) is 151 Å². The van der Waals surface area contributed by atoms with E-state index in [4.69, 9.17) is 0 Å². The van der Waals surface area contributed by atoms with Crippen LogP contribution in [0.2, 0.25) is 0 Å². The Morgan fingerprint density at radius 2 is 1.10 bits per heavy atom. The van der Waals surface area contributed by atoms with E-state index < -0.39 is 11.7 Å². The first-order valence-electron chi connectivity index (χ1n) is 15.2. The number of hydrogen-bond acceptors (Lipinski definition) is 2. The molecule has 42 heavy (non-hydrogen) atoms. The maximum absolute atomic E-state index is 9.88. The lowest BCUT2D eigenvalue weighted by Gasteiger charge is -2.32. The lowest BCUT2D eigenvalue weighted by molar-refractivity contribution is -0.0226. The molecule has 1 unspecified atom stereocenters. The molecule has 0 bridgehead atoms. The van der Waals surface area contributed by atoms with Crippen molar-refractivity contribution >= 4 is 0 Å². The quantitative estimate of drug-likeness (QED) is 0.217. The first-order valence-corrected chi connectivity index (χ1v) is 15.2. The van der Waals surface area contributed by atoms with Crippen molar-refractivity contribution in [3.63, 3.8) is 0 Å². The maximum atomic E-state index is 9.88. The van der Waals surface area contributed by atoms with E-state index in [1.807, 2.05) is 31.2 Å². The zero-order valence-electron chi connectivity index (χ0n) is 27.9. The predicted octanol–water partition coefficient (Wildman–Crippen LogP) is 10.7. The van der Waals surface area contributed by atoms with Gasteiger partial charge in [0.2, 0.25) is 0 Å². The topological polar surface area (TPSA) is 40.5 Å². The van der Waals surface area contributed by atoms with Crippen LogP contribution in [0.1, 0.15) is 88.5 Å². The molecule has 0 saturated heterocycles. The largest absolute Gasteiger partial charge is 0.387 e. The molecule has 0 fully saturated rings. The molecule has 0 amide bonds. The molecule has 2 heteroatoms. The third-order valence-electron chi connectivity index (χ3n) is 7.30. The van der Waals surface area contributed by atoms with Gasteiger partial charge in [0.15, 0.2) is 0 Å². The van der Waals surface area contributed by atoms with Gasteiger partial charge in [0.25, 0.3) is 0 Å². The average Bonchev–Trinajstić information content (AvgIpc) is 2.88. The van der Waals surface area contributed by atoms with Crippen molar-refractivity contribution in [1.29, 1.82) is 0 Å². The average molecular weight is 569 g/mol. The zero-order chi connectivity index (χ0) is 31.8. The van der Waals surface area contributed by atoms with Crippen molar-refractivity contribution in [3.05, 3.63) is 142 Å². The summed E-state index contributed by atoms with van der Waals surface area (Å²) in [6.45, 7) is 20.5. The van der Waals surface area contributed by atoms with Crippen LogP contribution in [0.3, 0.4) is 0 Å². The lowest BCUT2D eigenvalue weighted by Crippen LogP contribution is -2.34. The van der Waals surface area contributed by atoms with Gasteiger partial charge in [-0.05, 0) is 85.6 Å². The molecular weight excluding hydrogens is 512 g/mol. The third-order valence-corrected chi connectivity index (χ3v) is 7.30. The summed E-state index contributed by atoms with van der Waals surface area (Å²) >= 11 is 0. The molecule has 1 aliphatic carbocycles. The zero-order valence-corrected chi connectivity index (χ0v) is 27.9. The van der Waals surface area contributed by atoms with Crippen LogP contribution in [-0.2, 0) is 0 Å². The highest BCUT2D eigenvalue weighted by Gasteiger charge is 2.26. The maximum Gasteiger partial charge on any atom is 0.101 e. The minimum absolute atomic E-state index is 0.276. The smallest absolute Gasteiger partial charge is 0.101 e. The number of aliphatic hydroxyl groups excluding tert-OH is 1. The highest BCUT2D eigenvalue weighted by atomic mass is 16.3. The van der Waals surface area contributed by atoms with Crippen LogP contribution in [0.4, 0.5) is 0 Å². The standard InChI is InChI=1S/C40H56O2/c1-31(19-13-21-33(3)22-15-24-35(5)27-29-38(41)40(9,10)42)17-11-12-18-32(2)20-14-23-34(4)26-28-37-36(6)25-16-30-39(37,7)8/h11-15,17-24,26-29,38,41-42H,16,25,30H2,1-10H3/b12-11+,19-13+,20-14+,22-15+,28-26+,29-27?,31-17+,32-18+,33-21+,34-23+,35-24?. The van der Waals surface area contributed by atoms with E-state index in [0.717, 1.165) is 11.1 Å². The molecular formula is C40H56O2. The fraction of sp³-hybridized carbons (Fsp3) is 0.400. The van der Waals surface area contributed by atoms with Gasteiger partial charge in [-0.2, -0.15) is 0 Å². The summed E-state index contributed by atoms with van der Waals surface area (Å²) in [5, 5.41) is 19.7. The molecule has 0 spiro atoms. The van der Waals surface area contributed by atoms with Gasteiger partial charge < -0.3 is 10.2 Å². The van der Waals surface area contributed by atoms with Gasteiger partial charge in [0.1, 0.15) is 6.10 Å². The minimum Gasteiger partial charge on any atom is -0.387 e. The summed E-state index contributed by atoms with van der Waals surface area (Å²) in [4.78, 5) is 0. The van der Waals surface area contributed by atoms with Gasteiger partial charge in [-0.25, -0.2) is 0 Å². The van der Waals surface area contributed by atoms with Crippen molar-refractivity contribution in [3.8, 4) is 0 Å². The summed E-state index contributed by atoms with van der Waals surface area (Å²) < 4.78 is 0. The Kier molecular flexibility index (Phi) is 16.1. The number of allylic oxidation sites excluding steroid dienone is 23. The molecule has 1 aliphatic rings. The Morgan fingerprint density at radius 1 is 0.690 bits per heavy atom. The first kappa shape index (κ1) is 36.8. The summed E-state index contributed by atoms with van der Waals surface area (Å²) in [5.41, 5.74) is 7.92. The highest BCUT2D eigenvalue weighted by molar-refractivity contribution is 5.37. The summed E-state index contributed by atoms with van der Waals surface area (Å²) in [6.07, 6.45) is 37.9. The van der Waals surface area contributed by atoms with E-state index in [0.29, 0.717) is 0 Å². The fourth-order valence-electron chi connectivity index (χ4n) is 4.45. The Labute approximate surface area is 257 Å². The second-order valence-electron chi connectivity index (χ2n) is 12.7. The van der Waals surface area contributed by atoms with Crippen LogP contribution in [0, 0.1) is 5.41 Å². The molecule has 0 aromatic heterocycles. The number of hydrogen-bond donors (Lipinski definition) is 2. The van der Waals surface area contributed by atoms with Crippen LogP contribution in [0.5, 0.6) is 0 Å². The fourth-order valence-corrected chi connectivity index (χ4v) is 4.45. The first-order chi connectivity index (χ1) is 19.6. The van der Waals surface area contributed by atoms with E-state index in [1.165, 1.54) is 47.1 Å². The van der Waals surface area contributed by atoms with Gasteiger partial charge in [-0.3, -0.25) is 0 Å². The molecule has 0 saturated carbocycles. The molecule has 2 N–H and O–H groups in total. The van der Waals surface area contributed by atoms with E-state index in [9.17, 15) is 10.2 Å². The second-order valence-corrected chi connectivity index (χ2v) is 12.7. The van der Waals surface area contributed by atoms with Crippen molar-refractivity contribution in [2.24, 2.45) is 5.41 Å². The van der Waals surface area contributed by atoms with E-state index in [2.05, 4.69) is 121 Å². The minimum atomic E-state index is -1.15. The number of aliphatic hydroxyl groups is 2. The molecule has 0 aliphatic heterocycles. The molecule has 0 aromatic rings. The SMILES string of the molecule is CC(C=CC(O)C(C)(C)O)=C/C=C/C(C)=C/C=C/C(C)=C/C=C/C=C(C)/C=C/C=C(C)/C=C/C1=C(C)CCCC1(C)C. The molecule has 0 aromatic carbocycles. The number of rotatable bonds is 13. The third kappa shape index (κ3) is 15.7. The van der Waals surface area contributed by atoms with E-state index >= 15 is 0 Å². The van der Waals surface area contributed by atoms with Gasteiger partial charge >= 0.3 is 0 Å². The van der Waals surface area contributed by atoms with Crippen LogP contribution in [0.15, 0.2) is 142 Å². The van der Waals surface area contributed by atoms with Gasteiger partial charge in [0, 0.05) is 0 Å². The summed E-state index contributed by atoms with van der Waals surface area (Å²) in [7, 11) is 0. The van der Waals surface area contributed by atoms with Gasteiger partial charge in [-0.15, -0.1) is 0 Å². The molecule has 0 radical (unpaired) electrons. The molecule has 1 atom stereocenters. The molecule has 228 valence electrons. The van der Waals surface area contributed by atoms with E-state index in [-0.39, 0.29) is 5.41 Å². The predicted molar refractivity (Wildman–Crippen MR) is 186 cm³/mol. The monoisotopic (exact) mass is 568 g/mol. The highest BCUT2D eigenvalue weighted by Crippen LogP contribution is 2.40. The van der Waals surface area contributed by atoms with Crippen LogP contribution >= 0.6 is 0 Å². The summed E-state index contributed by atoms with van der Waals surface area (Å²) in [5.74, 6) is 0. The molecule has 2 nitrogen and oxygen atoms in total. The normalized spacial score (nSPS) is 19.8. The van der Waals surface area contributed by atoms with Gasteiger partial charge in [0.05, 0.1) is 5.60 Å². The Balaban J connectivity index is 2.61. The Morgan fingerprint density at radius 3 is 1.52 bits per heavy atom. The summed E-state index contributed by atoms with van der Waals surface area (Å²) in [6, 6.07) is 0.